The van der Waals surface area contributed by atoms with E-state index in [1.807, 2.05) is 0 Å². The van der Waals surface area contributed by atoms with Crippen LogP contribution < -0.4 is 0 Å². The summed E-state index contributed by atoms with van der Waals surface area (Å²) < 4.78 is 17.7. The number of hydrogen-bond donors (Lipinski definition) is 0. The standard InChI is InChI=1S/C62H101NO6/c1-63(2)51-33-35-52-65-56-67-59(40-26-12-7-3-5-9-15-29-43-61(47-48-61)45-31-17-11-19-34-53-68-69-55-58-38-24-21-25-39-58)41-27-13-8-4-6-10-16-30-44-62(49-50-62)46-32-18-14-28-42-60(64)66-54-57-36-22-20-23-37-57/h22,24,29-32,36-39,43-46,59H,3-21,23,25-28,33-35,40-42,47-56H2,1-2H3/b43-29-,44-30-,45-31-,46-32-. The highest BCUT2D eigenvalue weighted by Gasteiger charge is 2.37. The maximum atomic E-state index is 12.1. The third-order valence-corrected chi connectivity index (χ3v) is 14.2. The lowest BCUT2D eigenvalue weighted by atomic mass is 10.0. The Hall–Kier alpha value is -2.81. The molecule has 390 valence electrons. The van der Waals surface area contributed by atoms with E-state index >= 15 is 0 Å². The van der Waals surface area contributed by atoms with Crippen LogP contribution >= 0.6 is 0 Å². The number of ether oxygens (including phenoxy) is 3. The van der Waals surface area contributed by atoms with Gasteiger partial charge in [0, 0.05) is 23.9 Å². The van der Waals surface area contributed by atoms with Crippen molar-refractivity contribution in [1.82, 2.24) is 4.90 Å². The molecule has 1 atom stereocenters. The number of hydrogen-bond acceptors (Lipinski definition) is 7. The molecule has 0 aromatic carbocycles. The van der Waals surface area contributed by atoms with Gasteiger partial charge in [0.15, 0.2) is 0 Å². The minimum atomic E-state index is -0.0707. The summed E-state index contributed by atoms with van der Waals surface area (Å²) in [6, 6.07) is 0. The van der Waals surface area contributed by atoms with Crippen molar-refractivity contribution in [2.24, 2.45) is 10.8 Å². The highest BCUT2D eigenvalue weighted by Crippen LogP contribution is 2.49. The first-order chi connectivity index (χ1) is 34.0. The van der Waals surface area contributed by atoms with Crippen LogP contribution in [0.3, 0.4) is 0 Å². The Kier molecular flexibility index (Phi) is 33.1. The summed E-state index contributed by atoms with van der Waals surface area (Å²) in [6.07, 6.45) is 73.3. The summed E-state index contributed by atoms with van der Waals surface area (Å²) in [5.74, 6) is -0.0707. The monoisotopic (exact) mass is 956 g/mol. The van der Waals surface area contributed by atoms with Crippen LogP contribution in [-0.2, 0) is 28.8 Å². The first-order valence-electron chi connectivity index (χ1n) is 28.6. The summed E-state index contributed by atoms with van der Waals surface area (Å²) in [5.41, 5.74) is 3.02. The van der Waals surface area contributed by atoms with E-state index in [0.717, 1.165) is 89.4 Å². The molecule has 2 fully saturated rings. The van der Waals surface area contributed by atoms with Crippen LogP contribution in [0.1, 0.15) is 218 Å². The minimum Gasteiger partial charge on any atom is -0.461 e. The van der Waals surface area contributed by atoms with Crippen LogP contribution in [0.2, 0.25) is 0 Å². The van der Waals surface area contributed by atoms with Crippen molar-refractivity contribution < 1.29 is 28.8 Å². The summed E-state index contributed by atoms with van der Waals surface area (Å²) >= 11 is 0. The van der Waals surface area contributed by atoms with E-state index in [4.69, 9.17) is 24.0 Å². The van der Waals surface area contributed by atoms with Crippen molar-refractivity contribution in [3.8, 4) is 0 Å². The van der Waals surface area contributed by atoms with Gasteiger partial charge in [-0.1, -0.05) is 156 Å². The Morgan fingerprint density at radius 1 is 0.551 bits per heavy atom. The average Bonchev–Trinajstić information content (AvgIpc) is 4.31. The number of esters is 1. The van der Waals surface area contributed by atoms with Gasteiger partial charge in [-0.05, 0) is 173 Å². The lowest BCUT2D eigenvalue weighted by molar-refractivity contribution is -0.287. The molecular formula is C62H101NO6. The van der Waals surface area contributed by atoms with Crippen LogP contribution in [0.5, 0.6) is 0 Å². The fourth-order valence-corrected chi connectivity index (χ4v) is 9.25. The number of carbonyl (C=O) groups excluding carboxylic acids is 1. The van der Waals surface area contributed by atoms with Crippen molar-refractivity contribution >= 4 is 5.97 Å². The molecule has 7 nitrogen and oxygen atoms in total. The van der Waals surface area contributed by atoms with Crippen LogP contribution in [0.4, 0.5) is 0 Å². The van der Waals surface area contributed by atoms with Crippen molar-refractivity contribution in [3.05, 3.63) is 96.2 Å². The lowest BCUT2D eigenvalue weighted by Gasteiger charge is -2.18. The molecular weight excluding hydrogens is 855 g/mol. The van der Waals surface area contributed by atoms with Gasteiger partial charge in [-0.15, -0.1) is 0 Å². The van der Waals surface area contributed by atoms with E-state index in [2.05, 4.69) is 104 Å². The van der Waals surface area contributed by atoms with E-state index < -0.39 is 0 Å². The first kappa shape index (κ1) is 58.8. The molecule has 0 N–H and O–H groups in total. The predicted molar refractivity (Wildman–Crippen MR) is 290 cm³/mol. The maximum Gasteiger partial charge on any atom is 0.306 e. The SMILES string of the molecule is CN(C)CCCCOCOC(CCCCCCCC/C=C\C1(/C=C\CCCCCOOCC2=CCCC=C2)CC1)CCCCCCCC/C=C\C1(/C=C\CCCCC(=O)OCC2=CCCC=C2)CC1. The van der Waals surface area contributed by atoms with Gasteiger partial charge < -0.3 is 19.1 Å². The molecule has 0 radical (unpaired) electrons. The highest BCUT2D eigenvalue weighted by atomic mass is 17.2. The molecule has 0 heterocycles. The Balaban J connectivity index is 0.949. The molecule has 0 aromatic heterocycles. The Labute approximate surface area is 423 Å². The van der Waals surface area contributed by atoms with Crippen LogP contribution in [0, 0.1) is 10.8 Å². The average molecular weight is 956 g/mol. The second-order valence-corrected chi connectivity index (χ2v) is 21.2. The van der Waals surface area contributed by atoms with E-state index in [1.54, 1.807) is 0 Å². The number of nitrogens with zero attached hydrogens (tertiary/aromatic N) is 1. The summed E-state index contributed by atoms with van der Waals surface area (Å²) in [6.45, 7) is 4.02. The fraction of sp³-hybridized carbons (Fsp3) is 0.726. The second kappa shape index (κ2) is 38.8. The van der Waals surface area contributed by atoms with Gasteiger partial charge in [0.1, 0.15) is 20.0 Å². The van der Waals surface area contributed by atoms with E-state index in [9.17, 15) is 4.79 Å². The quantitative estimate of drug-likeness (QED) is 0.0150. The molecule has 1 unspecified atom stereocenters. The van der Waals surface area contributed by atoms with Gasteiger partial charge in [-0.3, -0.25) is 4.79 Å². The molecule has 0 amide bonds. The summed E-state index contributed by atoms with van der Waals surface area (Å²) in [4.78, 5) is 25.1. The van der Waals surface area contributed by atoms with Crippen molar-refractivity contribution in [2.75, 3.05) is 53.9 Å². The smallest absolute Gasteiger partial charge is 0.306 e. The molecule has 0 spiro atoms. The van der Waals surface area contributed by atoms with Gasteiger partial charge in [-0.2, -0.15) is 0 Å². The minimum absolute atomic E-state index is 0.0707. The molecule has 4 aliphatic carbocycles. The van der Waals surface area contributed by atoms with Crippen LogP contribution in [-0.4, -0.2) is 70.8 Å². The van der Waals surface area contributed by atoms with E-state index in [0.29, 0.717) is 50.0 Å². The largest absolute Gasteiger partial charge is 0.461 e. The molecule has 0 saturated heterocycles. The second-order valence-electron chi connectivity index (χ2n) is 21.2. The van der Waals surface area contributed by atoms with E-state index in [1.165, 1.54) is 147 Å². The van der Waals surface area contributed by atoms with Gasteiger partial charge in [-0.25, -0.2) is 9.78 Å². The van der Waals surface area contributed by atoms with Gasteiger partial charge in [0.2, 0.25) is 0 Å². The molecule has 0 bridgehead atoms. The van der Waals surface area contributed by atoms with Gasteiger partial charge in [0.25, 0.3) is 0 Å². The predicted octanol–water partition coefficient (Wildman–Crippen LogP) is 16.9. The van der Waals surface area contributed by atoms with Crippen LogP contribution in [0.25, 0.3) is 0 Å². The van der Waals surface area contributed by atoms with Gasteiger partial charge >= 0.3 is 5.97 Å². The van der Waals surface area contributed by atoms with Crippen molar-refractivity contribution in [2.45, 2.75) is 224 Å². The molecule has 0 aliphatic heterocycles. The summed E-state index contributed by atoms with van der Waals surface area (Å²) in [5, 5.41) is 0. The van der Waals surface area contributed by atoms with Crippen molar-refractivity contribution in [1.29, 1.82) is 0 Å². The number of rotatable bonds is 46. The number of carbonyl (C=O) groups is 1. The Morgan fingerprint density at radius 3 is 1.54 bits per heavy atom. The Morgan fingerprint density at radius 2 is 1.03 bits per heavy atom. The molecule has 4 rings (SSSR count). The Bertz CT molecular complexity index is 1560. The third kappa shape index (κ3) is 32.0. The number of unbranched alkanes of at least 4 members (excludes halogenated alkanes) is 18. The first-order valence-corrected chi connectivity index (χ1v) is 28.6. The van der Waals surface area contributed by atoms with Crippen molar-refractivity contribution in [3.63, 3.8) is 0 Å². The molecule has 2 saturated carbocycles. The molecule has 0 aromatic rings. The normalized spacial score (nSPS) is 17.8. The fourth-order valence-electron chi connectivity index (χ4n) is 9.25. The maximum absolute atomic E-state index is 12.1. The molecule has 69 heavy (non-hydrogen) atoms. The third-order valence-electron chi connectivity index (χ3n) is 14.2. The van der Waals surface area contributed by atoms with Crippen LogP contribution in [0.15, 0.2) is 96.2 Å². The van der Waals surface area contributed by atoms with E-state index in [-0.39, 0.29) is 5.97 Å². The zero-order valence-electron chi connectivity index (χ0n) is 44.3. The zero-order chi connectivity index (χ0) is 48.6. The summed E-state index contributed by atoms with van der Waals surface area (Å²) in [7, 11) is 4.27. The lowest BCUT2D eigenvalue weighted by Crippen LogP contribution is -2.16. The topological polar surface area (TPSA) is 66.5 Å². The van der Waals surface area contributed by atoms with Gasteiger partial charge in [0.05, 0.1) is 12.7 Å². The highest BCUT2D eigenvalue weighted by molar-refractivity contribution is 5.69. The molecule has 7 heteroatoms. The molecule has 4 aliphatic rings. The zero-order valence-corrected chi connectivity index (χ0v) is 44.3. The number of allylic oxidation sites excluding steroid dienone is 12.